The molecule has 16 heavy (non-hydrogen) atoms. The van der Waals surface area contributed by atoms with E-state index in [0.717, 1.165) is 5.56 Å². The normalized spacial score (nSPS) is 10.4. The number of esters is 1. The lowest BCUT2D eigenvalue weighted by atomic mass is 10.2. The van der Waals surface area contributed by atoms with Gasteiger partial charge < -0.3 is 9.47 Å². The van der Waals surface area contributed by atoms with Gasteiger partial charge in [0, 0.05) is 5.56 Å². The van der Waals surface area contributed by atoms with Crippen molar-refractivity contribution in [3.05, 3.63) is 35.9 Å². The minimum atomic E-state index is -0.349. The van der Waals surface area contributed by atoms with Gasteiger partial charge in [-0.1, -0.05) is 30.4 Å². The van der Waals surface area contributed by atoms with Gasteiger partial charge in [0.05, 0.1) is 6.61 Å². The summed E-state index contributed by atoms with van der Waals surface area (Å²) in [7, 11) is 0. The highest BCUT2D eigenvalue weighted by molar-refractivity contribution is 5.71. The number of carbonyl (C=O) groups is 1. The number of para-hydroxylation sites is 1. The van der Waals surface area contributed by atoms with Crippen LogP contribution in [0.25, 0.3) is 6.08 Å². The van der Waals surface area contributed by atoms with Gasteiger partial charge in [0.1, 0.15) is 5.75 Å². The molecule has 0 atom stereocenters. The molecule has 3 nitrogen and oxygen atoms in total. The fourth-order valence-corrected chi connectivity index (χ4v) is 1.27. The second-order valence-electron chi connectivity index (χ2n) is 3.13. The second kappa shape index (κ2) is 6.67. The summed E-state index contributed by atoms with van der Waals surface area (Å²) >= 11 is 0. The zero-order valence-corrected chi connectivity index (χ0v) is 9.60. The number of ether oxygens (including phenoxy) is 2. The van der Waals surface area contributed by atoms with Gasteiger partial charge >= 0.3 is 5.97 Å². The average molecular weight is 220 g/mol. The van der Waals surface area contributed by atoms with Gasteiger partial charge in [-0.25, -0.2) is 4.79 Å². The first kappa shape index (κ1) is 12.3. The number of rotatable bonds is 5. The molecule has 86 valence electrons. The molecule has 0 aliphatic carbocycles. The van der Waals surface area contributed by atoms with Crippen molar-refractivity contribution >= 4 is 12.0 Å². The molecule has 0 spiro atoms. The fourth-order valence-electron chi connectivity index (χ4n) is 1.27. The molecule has 0 unspecified atom stereocenters. The maximum absolute atomic E-state index is 11.1. The summed E-state index contributed by atoms with van der Waals surface area (Å²) in [5, 5.41) is 0. The van der Waals surface area contributed by atoms with Crippen LogP contribution in [0.1, 0.15) is 19.4 Å². The van der Waals surface area contributed by atoms with Crippen LogP contribution in [0.4, 0.5) is 0 Å². The summed E-state index contributed by atoms with van der Waals surface area (Å²) < 4.78 is 10.2. The Morgan fingerprint density at radius 1 is 1.38 bits per heavy atom. The van der Waals surface area contributed by atoms with Crippen LogP contribution >= 0.6 is 0 Å². The highest BCUT2D eigenvalue weighted by atomic mass is 16.6. The Morgan fingerprint density at radius 2 is 2.12 bits per heavy atom. The van der Waals surface area contributed by atoms with E-state index in [-0.39, 0.29) is 12.6 Å². The molecular weight excluding hydrogens is 204 g/mol. The molecule has 0 heterocycles. The fraction of sp³-hybridized carbons (Fsp3) is 0.308. The number of benzene rings is 1. The Kier molecular flexibility index (Phi) is 5.12. The molecule has 1 aromatic rings. The van der Waals surface area contributed by atoms with Gasteiger partial charge in [-0.3, -0.25) is 0 Å². The summed E-state index contributed by atoms with van der Waals surface area (Å²) in [6, 6.07) is 7.55. The maximum atomic E-state index is 11.1. The molecule has 0 bridgehead atoms. The van der Waals surface area contributed by atoms with E-state index in [1.54, 1.807) is 6.92 Å². The molecule has 0 amide bonds. The molecule has 0 aromatic heterocycles. The minimum absolute atomic E-state index is 0.0532. The number of carbonyl (C=O) groups excluding carboxylic acids is 1. The van der Waals surface area contributed by atoms with Crippen molar-refractivity contribution in [2.24, 2.45) is 0 Å². The van der Waals surface area contributed by atoms with Gasteiger partial charge in [0.15, 0.2) is 6.61 Å². The van der Waals surface area contributed by atoms with E-state index in [0.29, 0.717) is 12.4 Å². The van der Waals surface area contributed by atoms with Crippen molar-refractivity contribution in [1.29, 1.82) is 0 Å². The molecule has 0 N–H and O–H groups in total. The molecule has 3 heteroatoms. The lowest BCUT2D eigenvalue weighted by molar-refractivity contribution is -0.145. The van der Waals surface area contributed by atoms with Crippen LogP contribution < -0.4 is 4.74 Å². The molecule has 0 saturated carbocycles. The van der Waals surface area contributed by atoms with Crippen molar-refractivity contribution in [2.45, 2.75) is 13.8 Å². The Hall–Kier alpha value is -1.77. The average Bonchev–Trinajstić information content (AvgIpc) is 2.29. The number of hydrogen-bond acceptors (Lipinski definition) is 3. The molecule has 0 saturated heterocycles. The first-order valence-electron chi connectivity index (χ1n) is 5.28. The second-order valence-corrected chi connectivity index (χ2v) is 3.13. The van der Waals surface area contributed by atoms with Crippen molar-refractivity contribution in [3.8, 4) is 5.75 Å². The summed E-state index contributed by atoms with van der Waals surface area (Å²) in [6.45, 7) is 4.02. The van der Waals surface area contributed by atoms with E-state index in [1.807, 2.05) is 43.3 Å². The van der Waals surface area contributed by atoms with E-state index in [2.05, 4.69) is 0 Å². The highest BCUT2D eigenvalue weighted by Crippen LogP contribution is 2.19. The van der Waals surface area contributed by atoms with Crippen LogP contribution in [0.15, 0.2) is 30.3 Å². The van der Waals surface area contributed by atoms with Crippen LogP contribution in [-0.4, -0.2) is 19.2 Å². The van der Waals surface area contributed by atoms with E-state index < -0.39 is 0 Å². The highest BCUT2D eigenvalue weighted by Gasteiger charge is 2.04. The third-order valence-corrected chi connectivity index (χ3v) is 1.92. The van der Waals surface area contributed by atoms with Crippen molar-refractivity contribution in [2.75, 3.05) is 13.2 Å². The zero-order valence-electron chi connectivity index (χ0n) is 9.60. The van der Waals surface area contributed by atoms with Crippen molar-refractivity contribution < 1.29 is 14.3 Å². The summed E-state index contributed by atoms with van der Waals surface area (Å²) in [6.07, 6.45) is 3.85. The third kappa shape index (κ3) is 3.77. The van der Waals surface area contributed by atoms with Gasteiger partial charge in [-0.2, -0.15) is 0 Å². The SMILES string of the molecule is C/C=C/c1ccccc1OCC(=O)OCC. The number of allylic oxidation sites excluding steroid dienone is 1. The largest absolute Gasteiger partial charge is 0.481 e. The summed E-state index contributed by atoms with van der Waals surface area (Å²) in [5.41, 5.74) is 0.953. The van der Waals surface area contributed by atoms with Gasteiger partial charge in [0.2, 0.25) is 0 Å². The van der Waals surface area contributed by atoms with Gasteiger partial charge in [0.25, 0.3) is 0 Å². The molecule has 0 radical (unpaired) electrons. The zero-order chi connectivity index (χ0) is 11.8. The monoisotopic (exact) mass is 220 g/mol. The third-order valence-electron chi connectivity index (χ3n) is 1.92. The Morgan fingerprint density at radius 3 is 2.81 bits per heavy atom. The molecule has 1 rings (SSSR count). The standard InChI is InChI=1S/C13H16O3/c1-3-7-11-8-5-6-9-12(11)16-10-13(14)15-4-2/h3,5-9H,4,10H2,1-2H3/b7-3+. The van der Waals surface area contributed by atoms with Crippen LogP contribution in [-0.2, 0) is 9.53 Å². The lowest BCUT2D eigenvalue weighted by Gasteiger charge is -2.08. The first-order chi connectivity index (χ1) is 7.77. The summed E-state index contributed by atoms with van der Waals surface area (Å²) in [4.78, 5) is 11.1. The van der Waals surface area contributed by atoms with Crippen molar-refractivity contribution in [3.63, 3.8) is 0 Å². The van der Waals surface area contributed by atoms with Gasteiger partial charge in [-0.15, -0.1) is 0 Å². The van der Waals surface area contributed by atoms with E-state index in [4.69, 9.17) is 9.47 Å². The van der Waals surface area contributed by atoms with Crippen molar-refractivity contribution in [1.82, 2.24) is 0 Å². The van der Waals surface area contributed by atoms with E-state index in [9.17, 15) is 4.79 Å². The van der Waals surface area contributed by atoms with Crippen LogP contribution in [0.2, 0.25) is 0 Å². The first-order valence-corrected chi connectivity index (χ1v) is 5.28. The molecule has 0 aliphatic rings. The predicted molar refractivity (Wildman–Crippen MR) is 63.3 cm³/mol. The van der Waals surface area contributed by atoms with E-state index >= 15 is 0 Å². The molecule has 0 aliphatic heterocycles. The quantitative estimate of drug-likeness (QED) is 0.716. The Balaban J connectivity index is 2.62. The summed E-state index contributed by atoms with van der Waals surface area (Å²) in [5.74, 6) is 0.339. The van der Waals surface area contributed by atoms with Crippen LogP contribution in [0.3, 0.4) is 0 Å². The number of hydrogen-bond donors (Lipinski definition) is 0. The van der Waals surface area contributed by atoms with Crippen LogP contribution in [0, 0.1) is 0 Å². The van der Waals surface area contributed by atoms with E-state index in [1.165, 1.54) is 0 Å². The Bertz CT molecular complexity index is 369. The lowest BCUT2D eigenvalue weighted by Crippen LogP contribution is -2.14. The van der Waals surface area contributed by atoms with Crippen LogP contribution in [0.5, 0.6) is 5.75 Å². The topological polar surface area (TPSA) is 35.5 Å². The minimum Gasteiger partial charge on any atom is -0.481 e. The van der Waals surface area contributed by atoms with Gasteiger partial charge in [-0.05, 0) is 19.9 Å². The molecule has 1 aromatic carbocycles. The molecule has 0 fully saturated rings. The predicted octanol–water partition coefficient (Wildman–Crippen LogP) is 2.66. The smallest absolute Gasteiger partial charge is 0.344 e. The Labute approximate surface area is 95.7 Å². The maximum Gasteiger partial charge on any atom is 0.344 e. The molecular formula is C13H16O3.